The lowest BCUT2D eigenvalue weighted by Crippen LogP contribution is -2.17. The molecule has 0 aliphatic rings. The number of nitrogen functional groups attached to an aromatic ring is 1. The number of rotatable bonds is 6. The molecule has 0 heterocycles. The van der Waals surface area contributed by atoms with E-state index in [-0.39, 0.29) is 17.7 Å². The fourth-order valence-electron chi connectivity index (χ4n) is 2.16. The van der Waals surface area contributed by atoms with E-state index in [1.807, 2.05) is 38.1 Å². The first-order valence-corrected chi connectivity index (χ1v) is 8.00. The maximum atomic E-state index is 12.0. The van der Waals surface area contributed by atoms with Gasteiger partial charge in [-0.05, 0) is 42.3 Å². The van der Waals surface area contributed by atoms with E-state index >= 15 is 0 Å². The Morgan fingerprint density at radius 2 is 1.54 bits per heavy atom. The summed E-state index contributed by atoms with van der Waals surface area (Å²) in [5.74, 6) is -0.181. The molecule has 0 radical (unpaired) electrons. The Labute approximate surface area is 142 Å². The van der Waals surface area contributed by atoms with E-state index in [2.05, 4.69) is 10.6 Å². The maximum absolute atomic E-state index is 12.0. The van der Waals surface area contributed by atoms with E-state index < -0.39 is 0 Å². The number of nitrogens with one attached hydrogen (secondary N) is 2. The Bertz CT molecular complexity index is 709. The van der Waals surface area contributed by atoms with Crippen LogP contribution in [0.25, 0.3) is 0 Å². The normalized spacial score (nSPS) is 10.5. The standard InChI is InChI=1S/C19H23N3O2/c1-13(2)19(24)22-16-10-8-15(9-11-16)21-18(23)12-7-14-5-3-4-6-17(14)20/h3-6,8-11,13H,7,12,20H2,1-2H3,(H,21,23)(H,22,24). The lowest BCUT2D eigenvalue weighted by Gasteiger charge is -2.10. The predicted molar refractivity (Wildman–Crippen MR) is 97.7 cm³/mol. The number of amides is 2. The van der Waals surface area contributed by atoms with Crippen LogP contribution in [0.2, 0.25) is 0 Å². The molecule has 5 nitrogen and oxygen atoms in total. The number of para-hydroxylation sites is 1. The van der Waals surface area contributed by atoms with Crippen molar-refractivity contribution in [2.45, 2.75) is 26.7 Å². The Balaban J connectivity index is 1.86. The van der Waals surface area contributed by atoms with Crippen molar-refractivity contribution in [3.8, 4) is 0 Å². The van der Waals surface area contributed by atoms with E-state index in [4.69, 9.17) is 5.73 Å². The SMILES string of the molecule is CC(C)C(=O)Nc1ccc(NC(=O)CCc2ccccc2N)cc1. The summed E-state index contributed by atoms with van der Waals surface area (Å²) in [5, 5.41) is 5.65. The van der Waals surface area contributed by atoms with Crippen LogP contribution in [0.5, 0.6) is 0 Å². The molecular weight excluding hydrogens is 302 g/mol. The van der Waals surface area contributed by atoms with Crippen LogP contribution in [-0.4, -0.2) is 11.8 Å². The molecule has 4 N–H and O–H groups in total. The third-order valence-electron chi connectivity index (χ3n) is 3.64. The number of nitrogens with two attached hydrogens (primary N) is 1. The van der Waals surface area contributed by atoms with Gasteiger partial charge in [-0.1, -0.05) is 32.0 Å². The second-order valence-electron chi connectivity index (χ2n) is 5.97. The van der Waals surface area contributed by atoms with Crippen LogP contribution in [0.3, 0.4) is 0 Å². The molecule has 0 saturated heterocycles. The molecular formula is C19H23N3O2. The van der Waals surface area contributed by atoms with Crippen LogP contribution < -0.4 is 16.4 Å². The number of carbonyl (C=O) groups excluding carboxylic acids is 2. The van der Waals surface area contributed by atoms with Crippen molar-refractivity contribution < 1.29 is 9.59 Å². The average Bonchev–Trinajstić information content (AvgIpc) is 2.56. The molecule has 5 heteroatoms. The average molecular weight is 325 g/mol. The summed E-state index contributed by atoms with van der Waals surface area (Å²) in [6.07, 6.45) is 0.959. The highest BCUT2D eigenvalue weighted by molar-refractivity contribution is 5.93. The Hall–Kier alpha value is -2.82. The van der Waals surface area contributed by atoms with Crippen LogP contribution in [0, 0.1) is 5.92 Å². The van der Waals surface area contributed by atoms with Gasteiger partial charge in [0.05, 0.1) is 0 Å². The monoisotopic (exact) mass is 325 g/mol. The number of benzene rings is 2. The summed E-state index contributed by atoms with van der Waals surface area (Å²) in [6.45, 7) is 3.67. The molecule has 2 aromatic rings. The van der Waals surface area contributed by atoms with E-state index in [1.54, 1.807) is 24.3 Å². The highest BCUT2D eigenvalue weighted by atomic mass is 16.2. The van der Waals surface area contributed by atoms with E-state index in [0.29, 0.717) is 29.9 Å². The van der Waals surface area contributed by atoms with E-state index in [0.717, 1.165) is 5.56 Å². The fourth-order valence-corrected chi connectivity index (χ4v) is 2.16. The van der Waals surface area contributed by atoms with Crippen molar-refractivity contribution in [1.29, 1.82) is 0 Å². The Morgan fingerprint density at radius 1 is 0.958 bits per heavy atom. The molecule has 126 valence electrons. The molecule has 0 aliphatic heterocycles. The van der Waals surface area contributed by atoms with Crippen LogP contribution >= 0.6 is 0 Å². The number of carbonyl (C=O) groups is 2. The van der Waals surface area contributed by atoms with Gasteiger partial charge < -0.3 is 16.4 Å². The highest BCUT2D eigenvalue weighted by Crippen LogP contribution is 2.16. The quantitative estimate of drug-likeness (QED) is 0.711. The van der Waals surface area contributed by atoms with Crippen molar-refractivity contribution in [2.24, 2.45) is 5.92 Å². The Morgan fingerprint density at radius 3 is 2.12 bits per heavy atom. The van der Waals surface area contributed by atoms with E-state index in [9.17, 15) is 9.59 Å². The van der Waals surface area contributed by atoms with Gasteiger partial charge in [-0.25, -0.2) is 0 Å². The first-order chi connectivity index (χ1) is 11.5. The summed E-state index contributed by atoms with van der Waals surface area (Å²) >= 11 is 0. The molecule has 2 amide bonds. The number of hydrogen-bond acceptors (Lipinski definition) is 3. The van der Waals surface area contributed by atoms with Crippen molar-refractivity contribution in [2.75, 3.05) is 16.4 Å². The van der Waals surface area contributed by atoms with Gasteiger partial charge in [0.15, 0.2) is 0 Å². The van der Waals surface area contributed by atoms with Gasteiger partial charge in [-0.2, -0.15) is 0 Å². The molecule has 0 unspecified atom stereocenters. The molecule has 0 aliphatic carbocycles. The highest BCUT2D eigenvalue weighted by Gasteiger charge is 2.08. The zero-order chi connectivity index (χ0) is 17.5. The number of anilines is 3. The first-order valence-electron chi connectivity index (χ1n) is 8.00. The second kappa shape index (κ2) is 8.15. The zero-order valence-electron chi connectivity index (χ0n) is 14.0. The summed E-state index contributed by atoms with van der Waals surface area (Å²) in [6, 6.07) is 14.6. The predicted octanol–water partition coefficient (Wildman–Crippen LogP) is 3.43. The number of aryl methyl sites for hydroxylation is 1. The lowest BCUT2D eigenvalue weighted by atomic mass is 10.1. The summed E-state index contributed by atoms with van der Waals surface area (Å²) in [7, 11) is 0. The molecule has 0 atom stereocenters. The second-order valence-corrected chi connectivity index (χ2v) is 5.97. The van der Waals surface area contributed by atoms with E-state index in [1.165, 1.54) is 0 Å². The molecule has 0 saturated carbocycles. The van der Waals surface area contributed by atoms with Crippen LogP contribution in [0.15, 0.2) is 48.5 Å². The topological polar surface area (TPSA) is 84.2 Å². The molecule has 2 rings (SSSR count). The smallest absolute Gasteiger partial charge is 0.226 e. The molecule has 24 heavy (non-hydrogen) atoms. The van der Waals surface area contributed by atoms with Gasteiger partial charge in [0.1, 0.15) is 0 Å². The number of hydrogen-bond donors (Lipinski definition) is 3. The van der Waals surface area contributed by atoms with Gasteiger partial charge in [-0.15, -0.1) is 0 Å². The van der Waals surface area contributed by atoms with Gasteiger partial charge in [0, 0.05) is 29.4 Å². The lowest BCUT2D eigenvalue weighted by molar-refractivity contribution is -0.119. The molecule has 2 aromatic carbocycles. The van der Waals surface area contributed by atoms with Crippen LogP contribution in [-0.2, 0) is 16.0 Å². The van der Waals surface area contributed by atoms with Gasteiger partial charge in [0.2, 0.25) is 11.8 Å². The summed E-state index contributed by atoms with van der Waals surface area (Å²) in [5.41, 5.74) is 8.96. The van der Waals surface area contributed by atoms with Crippen molar-refractivity contribution in [3.05, 3.63) is 54.1 Å². The molecule has 0 spiro atoms. The van der Waals surface area contributed by atoms with Crippen molar-refractivity contribution in [3.63, 3.8) is 0 Å². The maximum Gasteiger partial charge on any atom is 0.226 e. The minimum atomic E-state index is -0.0743. The van der Waals surface area contributed by atoms with Gasteiger partial charge in [-0.3, -0.25) is 9.59 Å². The van der Waals surface area contributed by atoms with Crippen LogP contribution in [0.4, 0.5) is 17.1 Å². The molecule has 0 aromatic heterocycles. The molecule has 0 bridgehead atoms. The minimum absolute atomic E-state index is 0.0350. The summed E-state index contributed by atoms with van der Waals surface area (Å²) < 4.78 is 0. The van der Waals surface area contributed by atoms with Crippen molar-refractivity contribution >= 4 is 28.9 Å². The minimum Gasteiger partial charge on any atom is -0.399 e. The third-order valence-corrected chi connectivity index (χ3v) is 3.64. The summed E-state index contributed by atoms with van der Waals surface area (Å²) in [4.78, 5) is 23.7. The van der Waals surface area contributed by atoms with Gasteiger partial charge >= 0.3 is 0 Å². The van der Waals surface area contributed by atoms with Gasteiger partial charge in [0.25, 0.3) is 0 Å². The van der Waals surface area contributed by atoms with Crippen molar-refractivity contribution in [1.82, 2.24) is 0 Å². The van der Waals surface area contributed by atoms with Crippen LogP contribution in [0.1, 0.15) is 25.8 Å². The Kier molecular flexibility index (Phi) is 5.95. The first kappa shape index (κ1) is 17.5. The largest absolute Gasteiger partial charge is 0.399 e. The zero-order valence-corrected chi connectivity index (χ0v) is 14.0. The molecule has 0 fully saturated rings. The third kappa shape index (κ3) is 5.12. The fraction of sp³-hybridized carbons (Fsp3) is 0.263.